The molecule has 0 saturated carbocycles. The Morgan fingerprint density at radius 3 is 2.63 bits per heavy atom. The molecule has 5 heteroatoms. The van der Waals surface area contributed by atoms with Crippen molar-refractivity contribution in [2.45, 2.75) is 33.0 Å². The molecule has 1 aromatic rings. The summed E-state index contributed by atoms with van der Waals surface area (Å²) in [7, 11) is 0. The number of aryl methyl sites for hydroxylation is 1. The van der Waals surface area contributed by atoms with Crippen LogP contribution < -0.4 is 5.32 Å². The summed E-state index contributed by atoms with van der Waals surface area (Å²) in [4.78, 5) is 14.0. The first-order valence-corrected chi connectivity index (χ1v) is 6.81. The first-order chi connectivity index (χ1) is 8.95. The molecule has 1 aromatic carbocycles. The third-order valence-electron chi connectivity index (χ3n) is 3.15. The highest BCUT2D eigenvalue weighted by Crippen LogP contribution is 2.21. The number of carbonyl (C=O) groups excluding carboxylic acids is 1. The number of hydrogen-bond acceptors (Lipinski definition) is 2. The molecule has 2 amide bonds. The first-order valence-electron chi connectivity index (χ1n) is 6.43. The molecule has 0 aromatic heterocycles. The monoisotopic (exact) mass is 282 g/mol. The van der Waals surface area contributed by atoms with Gasteiger partial charge in [-0.3, -0.25) is 0 Å². The molecule has 1 fully saturated rings. The number of rotatable bonds is 1. The number of hydrogen-bond donors (Lipinski definition) is 1. The van der Waals surface area contributed by atoms with Gasteiger partial charge in [0, 0.05) is 23.8 Å². The van der Waals surface area contributed by atoms with Crippen LogP contribution in [0.1, 0.15) is 19.4 Å². The Balaban J connectivity index is 2.06. The Morgan fingerprint density at radius 2 is 2.00 bits per heavy atom. The van der Waals surface area contributed by atoms with Gasteiger partial charge in [-0.2, -0.15) is 0 Å². The lowest BCUT2D eigenvalue weighted by Crippen LogP contribution is -2.49. The van der Waals surface area contributed by atoms with Crippen LogP contribution in [0.4, 0.5) is 10.5 Å². The number of amides is 2. The molecular formula is C14H19ClN2O2. The Bertz CT molecular complexity index is 469. The van der Waals surface area contributed by atoms with Gasteiger partial charge in [0.1, 0.15) is 0 Å². The highest BCUT2D eigenvalue weighted by Gasteiger charge is 2.26. The van der Waals surface area contributed by atoms with Crippen molar-refractivity contribution in [2.24, 2.45) is 0 Å². The third kappa shape index (κ3) is 3.61. The molecule has 4 nitrogen and oxygen atoms in total. The zero-order valence-electron chi connectivity index (χ0n) is 11.4. The van der Waals surface area contributed by atoms with E-state index < -0.39 is 0 Å². The Morgan fingerprint density at radius 1 is 1.37 bits per heavy atom. The van der Waals surface area contributed by atoms with Crippen molar-refractivity contribution in [1.82, 2.24) is 4.90 Å². The van der Waals surface area contributed by atoms with Crippen LogP contribution in [0.2, 0.25) is 5.02 Å². The number of anilines is 1. The molecule has 0 radical (unpaired) electrons. The summed E-state index contributed by atoms with van der Waals surface area (Å²) in [5.74, 6) is 0. The van der Waals surface area contributed by atoms with E-state index in [1.54, 1.807) is 11.0 Å². The van der Waals surface area contributed by atoms with Gasteiger partial charge in [0.05, 0.1) is 12.2 Å². The maximum absolute atomic E-state index is 12.2. The summed E-state index contributed by atoms with van der Waals surface area (Å²) >= 11 is 5.95. The summed E-state index contributed by atoms with van der Waals surface area (Å²) in [6.07, 6.45) is 0.130. The lowest BCUT2D eigenvalue weighted by atomic mass is 10.2. The predicted octanol–water partition coefficient (Wildman–Crippen LogP) is 3.29. The van der Waals surface area contributed by atoms with Crippen LogP contribution in [0.5, 0.6) is 0 Å². The van der Waals surface area contributed by atoms with Crippen LogP contribution in [-0.4, -0.2) is 36.2 Å². The van der Waals surface area contributed by atoms with Gasteiger partial charge in [-0.1, -0.05) is 17.7 Å². The maximum atomic E-state index is 12.2. The van der Waals surface area contributed by atoms with E-state index in [9.17, 15) is 4.79 Å². The molecule has 19 heavy (non-hydrogen) atoms. The summed E-state index contributed by atoms with van der Waals surface area (Å²) in [6.45, 7) is 7.10. The van der Waals surface area contributed by atoms with E-state index in [0.29, 0.717) is 18.1 Å². The van der Waals surface area contributed by atoms with Crippen LogP contribution in [0.25, 0.3) is 0 Å². The van der Waals surface area contributed by atoms with Gasteiger partial charge in [-0.15, -0.1) is 0 Å². The van der Waals surface area contributed by atoms with Crippen molar-refractivity contribution in [1.29, 1.82) is 0 Å². The number of nitrogens with one attached hydrogen (secondary N) is 1. The van der Waals surface area contributed by atoms with E-state index >= 15 is 0 Å². The second-order valence-corrected chi connectivity index (χ2v) is 5.49. The minimum atomic E-state index is -0.104. The molecule has 104 valence electrons. The molecule has 2 rings (SSSR count). The Hall–Kier alpha value is -1.26. The summed E-state index contributed by atoms with van der Waals surface area (Å²) in [5.41, 5.74) is 1.75. The van der Waals surface area contributed by atoms with Crippen molar-refractivity contribution < 1.29 is 9.53 Å². The number of urea groups is 1. The molecule has 2 atom stereocenters. The van der Waals surface area contributed by atoms with Crippen molar-refractivity contribution in [3.63, 3.8) is 0 Å². The summed E-state index contributed by atoms with van der Waals surface area (Å²) in [5, 5.41) is 3.52. The number of benzene rings is 1. The van der Waals surface area contributed by atoms with E-state index in [-0.39, 0.29) is 18.2 Å². The van der Waals surface area contributed by atoms with E-state index in [4.69, 9.17) is 16.3 Å². The van der Waals surface area contributed by atoms with Crippen LogP contribution >= 0.6 is 11.6 Å². The van der Waals surface area contributed by atoms with Gasteiger partial charge >= 0.3 is 6.03 Å². The average molecular weight is 283 g/mol. The molecule has 0 aliphatic carbocycles. The molecule has 0 unspecified atom stereocenters. The molecular weight excluding hydrogens is 264 g/mol. The van der Waals surface area contributed by atoms with Gasteiger partial charge in [-0.25, -0.2) is 4.79 Å². The number of halogens is 1. The Kier molecular flexibility index (Phi) is 4.32. The normalized spacial score (nSPS) is 23.3. The fraction of sp³-hybridized carbons (Fsp3) is 0.500. The topological polar surface area (TPSA) is 41.6 Å². The fourth-order valence-corrected chi connectivity index (χ4v) is 2.44. The third-order valence-corrected chi connectivity index (χ3v) is 3.38. The van der Waals surface area contributed by atoms with E-state index in [2.05, 4.69) is 5.32 Å². The van der Waals surface area contributed by atoms with Gasteiger partial charge in [0.2, 0.25) is 0 Å². The molecule has 0 bridgehead atoms. The van der Waals surface area contributed by atoms with Crippen molar-refractivity contribution in [3.8, 4) is 0 Å². The SMILES string of the molecule is Cc1ccc(Cl)cc1NC(=O)N1C[C@@H](C)O[C@H](C)C1. The van der Waals surface area contributed by atoms with Crippen molar-refractivity contribution in [2.75, 3.05) is 18.4 Å². The largest absolute Gasteiger partial charge is 0.372 e. The second kappa shape index (κ2) is 5.80. The number of carbonyl (C=O) groups is 1. The van der Waals surface area contributed by atoms with E-state index in [0.717, 1.165) is 11.3 Å². The number of morpholine rings is 1. The second-order valence-electron chi connectivity index (χ2n) is 5.05. The van der Waals surface area contributed by atoms with Gasteiger partial charge in [0.25, 0.3) is 0 Å². The van der Waals surface area contributed by atoms with Crippen LogP contribution in [0.15, 0.2) is 18.2 Å². The minimum Gasteiger partial charge on any atom is -0.372 e. The minimum absolute atomic E-state index is 0.0648. The van der Waals surface area contributed by atoms with Gasteiger partial charge in [0.15, 0.2) is 0 Å². The predicted molar refractivity (Wildman–Crippen MR) is 76.8 cm³/mol. The van der Waals surface area contributed by atoms with E-state index in [1.807, 2.05) is 32.9 Å². The molecule has 1 heterocycles. The summed E-state index contributed by atoms with van der Waals surface area (Å²) < 4.78 is 5.62. The fourth-order valence-electron chi connectivity index (χ4n) is 2.27. The van der Waals surface area contributed by atoms with E-state index in [1.165, 1.54) is 0 Å². The standard InChI is InChI=1S/C14H19ClN2O2/c1-9-4-5-12(15)6-13(9)16-14(18)17-7-10(2)19-11(3)8-17/h4-6,10-11H,7-8H2,1-3H3,(H,16,18)/t10-,11-/m1/s1. The maximum Gasteiger partial charge on any atom is 0.322 e. The molecule has 1 aliphatic rings. The first kappa shape index (κ1) is 14.2. The zero-order valence-corrected chi connectivity index (χ0v) is 12.2. The van der Waals surface area contributed by atoms with Crippen LogP contribution in [0.3, 0.4) is 0 Å². The van der Waals surface area contributed by atoms with Crippen molar-refractivity contribution >= 4 is 23.3 Å². The zero-order chi connectivity index (χ0) is 14.0. The van der Waals surface area contributed by atoms with Gasteiger partial charge in [-0.05, 0) is 38.5 Å². The summed E-state index contributed by atoms with van der Waals surface area (Å²) in [6, 6.07) is 5.36. The van der Waals surface area contributed by atoms with Crippen molar-refractivity contribution in [3.05, 3.63) is 28.8 Å². The molecule has 1 saturated heterocycles. The van der Waals surface area contributed by atoms with Gasteiger partial charge < -0.3 is 15.0 Å². The molecule has 0 spiro atoms. The molecule has 1 N–H and O–H groups in total. The average Bonchev–Trinajstić information content (AvgIpc) is 2.32. The smallest absolute Gasteiger partial charge is 0.322 e. The highest BCUT2D eigenvalue weighted by atomic mass is 35.5. The number of ether oxygens (including phenoxy) is 1. The highest BCUT2D eigenvalue weighted by molar-refractivity contribution is 6.31. The Labute approximate surface area is 118 Å². The quantitative estimate of drug-likeness (QED) is 0.859. The lowest BCUT2D eigenvalue weighted by Gasteiger charge is -2.35. The lowest BCUT2D eigenvalue weighted by molar-refractivity contribution is -0.0530. The molecule has 1 aliphatic heterocycles. The van der Waals surface area contributed by atoms with Crippen LogP contribution in [0, 0.1) is 6.92 Å². The number of nitrogens with zero attached hydrogens (tertiary/aromatic N) is 1. The van der Waals surface area contributed by atoms with Crippen LogP contribution in [-0.2, 0) is 4.74 Å².